The Kier molecular flexibility index (Phi) is 2.90. The Morgan fingerprint density at radius 2 is 1.91 bits per heavy atom. The average molecular weight is 300 g/mol. The van der Waals surface area contributed by atoms with Crippen LogP contribution in [-0.4, -0.2) is 16.5 Å². The van der Waals surface area contributed by atoms with Gasteiger partial charge in [0.15, 0.2) is 5.78 Å². The Balaban J connectivity index is 1.77. The Morgan fingerprint density at radius 1 is 1.14 bits per heavy atom. The van der Waals surface area contributed by atoms with Crippen LogP contribution in [0.2, 0.25) is 0 Å². The highest BCUT2D eigenvalue weighted by molar-refractivity contribution is 5.92. The molecule has 2 heteroatoms. The van der Waals surface area contributed by atoms with Gasteiger partial charge in [0, 0.05) is 17.3 Å². The van der Waals surface area contributed by atoms with E-state index in [1.807, 2.05) is 13.0 Å². The second kappa shape index (κ2) is 4.35. The topological polar surface area (TPSA) is 37.3 Å². The van der Waals surface area contributed by atoms with Crippen LogP contribution in [0.4, 0.5) is 0 Å². The number of allylic oxidation sites excluding steroid dienone is 4. The summed E-state index contributed by atoms with van der Waals surface area (Å²) in [6.45, 7) is 6.70. The minimum absolute atomic E-state index is 0.0310. The van der Waals surface area contributed by atoms with E-state index in [1.165, 1.54) is 5.57 Å². The number of aliphatic hydroxyl groups is 1. The Morgan fingerprint density at radius 3 is 2.68 bits per heavy atom. The van der Waals surface area contributed by atoms with Crippen molar-refractivity contribution in [2.24, 2.45) is 22.7 Å². The zero-order chi connectivity index (χ0) is 15.8. The summed E-state index contributed by atoms with van der Waals surface area (Å²) in [5.41, 5.74) is 2.59. The van der Waals surface area contributed by atoms with Gasteiger partial charge in [-0.15, -0.1) is 0 Å². The maximum absolute atomic E-state index is 11.8. The molecule has 0 unspecified atom stereocenters. The molecule has 2 fully saturated rings. The van der Waals surface area contributed by atoms with E-state index >= 15 is 0 Å². The van der Waals surface area contributed by atoms with Crippen molar-refractivity contribution in [3.05, 3.63) is 23.3 Å². The molecule has 0 aliphatic heterocycles. The molecule has 120 valence electrons. The highest BCUT2D eigenvalue weighted by Gasteiger charge is 2.59. The second-order valence-electron chi connectivity index (χ2n) is 8.81. The fourth-order valence-corrected chi connectivity index (χ4v) is 6.09. The Labute approximate surface area is 133 Å². The van der Waals surface area contributed by atoms with Gasteiger partial charge in [0.05, 0.1) is 5.60 Å². The molecule has 4 aliphatic carbocycles. The summed E-state index contributed by atoms with van der Waals surface area (Å²) in [6.07, 6.45) is 11.4. The first-order valence-electron chi connectivity index (χ1n) is 8.95. The molecule has 0 spiro atoms. The van der Waals surface area contributed by atoms with Crippen molar-refractivity contribution in [3.8, 4) is 0 Å². The maximum atomic E-state index is 11.8. The molecule has 0 radical (unpaired) electrons. The molecule has 22 heavy (non-hydrogen) atoms. The van der Waals surface area contributed by atoms with E-state index in [0.29, 0.717) is 24.0 Å². The summed E-state index contributed by atoms with van der Waals surface area (Å²) in [5, 5.41) is 10.9. The molecule has 0 aromatic rings. The van der Waals surface area contributed by atoms with Crippen LogP contribution in [-0.2, 0) is 4.79 Å². The first-order chi connectivity index (χ1) is 10.3. The van der Waals surface area contributed by atoms with Gasteiger partial charge in [0.25, 0.3) is 0 Å². The summed E-state index contributed by atoms with van der Waals surface area (Å²) in [5.74, 6) is 1.54. The number of rotatable bonds is 0. The SMILES string of the molecule is C[C@]12CCC(=O)C=C1CC[C@@H]1C2=CC[C@]2(C)[C@@H]1CC[C@]2(C)O. The lowest BCUT2D eigenvalue weighted by atomic mass is 9.51. The zero-order valence-electron chi connectivity index (χ0n) is 14.1. The zero-order valence-corrected chi connectivity index (χ0v) is 14.1. The van der Waals surface area contributed by atoms with Crippen molar-refractivity contribution in [2.75, 3.05) is 0 Å². The van der Waals surface area contributed by atoms with E-state index in [4.69, 9.17) is 0 Å². The first-order valence-corrected chi connectivity index (χ1v) is 8.95. The Hall–Kier alpha value is -0.890. The second-order valence-corrected chi connectivity index (χ2v) is 8.81. The normalized spacial score (nSPS) is 50.6. The van der Waals surface area contributed by atoms with Crippen molar-refractivity contribution in [1.82, 2.24) is 0 Å². The number of fused-ring (bicyclic) bond motifs is 5. The highest BCUT2D eigenvalue weighted by atomic mass is 16.3. The van der Waals surface area contributed by atoms with Crippen molar-refractivity contribution in [3.63, 3.8) is 0 Å². The molecule has 2 nitrogen and oxygen atoms in total. The lowest BCUT2D eigenvalue weighted by Crippen LogP contribution is -2.49. The van der Waals surface area contributed by atoms with Crippen LogP contribution >= 0.6 is 0 Å². The average Bonchev–Trinajstić information content (AvgIpc) is 2.70. The Bertz CT molecular complexity index is 597. The third-order valence-electron chi connectivity index (χ3n) is 7.90. The van der Waals surface area contributed by atoms with Gasteiger partial charge in [0.1, 0.15) is 0 Å². The summed E-state index contributed by atoms with van der Waals surface area (Å²) in [4.78, 5) is 11.8. The van der Waals surface area contributed by atoms with E-state index in [-0.39, 0.29) is 10.8 Å². The molecule has 0 aromatic carbocycles. The molecule has 2 saturated carbocycles. The molecule has 0 amide bonds. The van der Waals surface area contributed by atoms with Crippen molar-refractivity contribution >= 4 is 5.78 Å². The summed E-state index contributed by atoms with van der Waals surface area (Å²) >= 11 is 0. The fourth-order valence-electron chi connectivity index (χ4n) is 6.09. The number of ketones is 1. The third kappa shape index (κ3) is 1.68. The van der Waals surface area contributed by atoms with Crippen LogP contribution in [0.1, 0.15) is 65.7 Å². The molecule has 1 N–H and O–H groups in total. The van der Waals surface area contributed by atoms with Crippen LogP contribution in [0.5, 0.6) is 0 Å². The van der Waals surface area contributed by atoms with Gasteiger partial charge in [-0.3, -0.25) is 4.79 Å². The van der Waals surface area contributed by atoms with Gasteiger partial charge in [-0.1, -0.05) is 31.1 Å². The van der Waals surface area contributed by atoms with Gasteiger partial charge in [-0.2, -0.15) is 0 Å². The third-order valence-corrected chi connectivity index (χ3v) is 7.90. The van der Waals surface area contributed by atoms with E-state index in [2.05, 4.69) is 19.9 Å². The van der Waals surface area contributed by atoms with Crippen molar-refractivity contribution < 1.29 is 9.90 Å². The lowest BCUT2D eigenvalue weighted by Gasteiger charge is -2.54. The highest BCUT2D eigenvalue weighted by Crippen LogP contribution is 2.65. The number of hydrogen-bond acceptors (Lipinski definition) is 2. The molecule has 0 bridgehead atoms. The predicted molar refractivity (Wildman–Crippen MR) is 87.3 cm³/mol. The maximum Gasteiger partial charge on any atom is 0.155 e. The molecule has 4 rings (SSSR count). The smallest absolute Gasteiger partial charge is 0.155 e. The van der Waals surface area contributed by atoms with Gasteiger partial charge < -0.3 is 5.11 Å². The standard InChI is InChI=1S/C20H28O2/c1-18-9-6-14(21)12-13(18)4-5-15-16(18)7-10-19(2)17(15)8-11-20(19,3)22/h7,12,15,17,22H,4-6,8-11H2,1-3H3/t15-,17-,18+,19-,20+/m1/s1. The van der Waals surface area contributed by atoms with E-state index < -0.39 is 5.60 Å². The van der Waals surface area contributed by atoms with Crippen LogP contribution in [0, 0.1) is 22.7 Å². The fraction of sp³-hybridized carbons (Fsp3) is 0.750. The molecule has 0 aromatic heterocycles. The molecule has 5 atom stereocenters. The number of hydrogen-bond donors (Lipinski definition) is 1. The molecular weight excluding hydrogens is 272 g/mol. The van der Waals surface area contributed by atoms with Crippen LogP contribution < -0.4 is 0 Å². The van der Waals surface area contributed by atoms with Crippen LogP contribution in [0.25, 0.3) is 0 Å². The first kappa shape index (κ1) is 14.7. The minimum atomic E-state index is -0.529. The lowest BCUT2D eigenvalue weighted by molar-refractivity contribution is -0.115. The largest absolute Gasteiger partial charge is 0.390 e. The summed E-state index contributed by atoms with van der Waals surface area (Å²) < 4.78 is 0. The van der Waals surface area contributed by atoms with E-state index in [1.54, 1.807) is 5.57 Å². The summed E-state index contributed by atoms with van der Waals surface area (Å²) in [7, 11) is 0. The van der Waals surface area contributed by atoms with Crippen molar-refractivity contribution in [1.29, 1.82) is 0 Å². The van der Waals surface area contributed by atoms with E-state index in [9.17, 15) is 9.90 Å². The quantitative estimate of drug-likeness (QED) is 0.681. The number of carbonyl (C=O) groups is 1. The molecular formula is C20H28O2. The monoisotopic (exact) mass is 300 g/mol. The molecule has 4 aliphatic rings. The van der Waals surface area contributed by atoms with Gasteiger partial charge in [-0.05, 0) is 63.4 Å². The van der Waals surface area contributed by atoms with Gasteiger partial charge in [0.2, 0.25) is 0 Å². The summed E-state index contributed by atoms with van der Waals surface area (Å²) in [6, 6.07) is 0. The predicted octanol–water partition coefficient (Wildman–Crippen LogP) is 4.19. The van der Waals surface area contributed by atoms with Crippen LogP contribution in [0.3, 0.4) is 0 Å². The minimum Gasteiger partial charge on any atom is -0.390 e. The molecule has 0 heterocycles. The van der Waals surface area contributed by atoms with Gasteiger partial charge in [-0.25, -0.2) is 0 Å². The van der Waals surface area contributed by atoms with Gasteiger partial charge >= 0.3 is 0 Å². The van der Waals surface area contributed by atoms with E-state index in [0.717, 1.165) is 38.5 Å². The molecule has 0 saturated heterocycles. The van der Waals surface area contributed by atoms with Crippen molar-refractivity contribution in [2.45, 2.75) is 71.3 Å². The van der Waals surface area contributed by atoms with Crippen LogP contribution in [0.15, 0.2) is 23.3 Å². The number of carbonyl (C=O) groups excluding carboxylic acids is 1.